The maximum Gasteiger partial charge on any atom is 0.212 e. The van der Waals surface area contributed by atoms with Crippen molar-refractivity contribution in [1.29, 1.82) is 0 Å². The van der Waals surface area contributed by atoms with Crippen LogP contribution in [0.4, 0.5) is 0 Å². The van der Waals surface area contributed by atoms with E-state index in [4.69, 9.17) is 0 Å². The summed E-state index contributed by atoms with van der Waals surface area (Å²) in [6.45, 7) is 4.67. The van der Waals surface area contributed by atoms with E-state index in [-0.39, 0.29) is 5.41 Å². The first-order valence-electron chi connectivity index (χ1n) is 6.17. The van der Waals surface area contributed by atoms with Gasteiger partial charge in [0.05, 0.1) is 0 Å². The molecule has 0 N–H and O–H groups in total. The van der Waals surface area contributed by atoms with Crippen LogP contribution in [0.3, 0.4) is 0 Å². The monoisotopic (exact) mass is 224 g/mol. The predicted molar refractivity (Wildman–Crippen MR) is 69.8 cm³/mol. The fourth-order valence-electron chi connectivity index (χ4n) is 2.92. The van der Waals surface area contributed by atoms with E-state index in [2.05, 4.69) is 67.9 Å². The molecule has 0 radical (unpaired) electrons. The highest BCUT2D eigenvalue weighted by atomic mass is 15.0. The molecule has 0 fully saturated rings. The lowest BCUT2D eigenvalue weighted by Gasteiger charge is -2.23. The number of hydrogen-bond acceptors (Lipinski definition) is 0. The number of nitrogens with zero attached hydrogens (tertiary/aromatic N) is 1. The first kappa shape index (κ1) is 10.5. The molecule has 0 spiro atoms. The zero-order valence-electron chi connectivity index (χ0n) is 10.7. The van der Waals surface area contributed by atoms with Crippen molar-refractivity contribution in [3.63, 3.8) is 0 Å². The maximum atomic E-state index is 2.34. The van der Waals surface area contributed by atoms with Gasteiger partial charge in [-0.05, 0) is 17.7 Å². The Morgan fingerprint density at radius 1 is 1.00 bits per heavy atom. The Hall–Kier alpha value is -1.63. The van der Waals surface area contributed by atoms with Crippen LogP contribution < -0.4 is 4.57 Å². The summed E-state index contributed by atoms with van der Waals surface area (Å²) in [5, 5.41) is 0. The Balaban J connectivity index is 2.40. The fraction of sp³-hybridized carbons (Fsp3) is 0.312. The Morgan fingerprint density at radius 3 is 2.59 bits per heavy atom. The van der Waals surface area contributed by atoms with E-state index in [1.165, 1.54) is 22.5 Å². The summed E-state index contributed by atoms with van der Waals surface area (Å²) in [5.41, 5.74) is 5.76. The van der Waals surface area contributed by atoms with Crippen LogP contribution in [0, 0.1) is 0 Å². The van der Waals surface area contributed by atoms with E-state index in [1.807, 2.05) is 0 Å². The van der Waals surface area contributed by atoms with E-state index in [9.17, 15) is 0 Å². The van der Waals surface area contributed by atoms with Crippen molar-refractivity contribution in [3.05, 3.63) is 53.7 Å². The number of rotatable bonds is 0. The Kier molecular flexibility index (Phi) is 2.12. The summed E-state index contributed by atoms with van der Waals surface area (Å²) in [7, 11) is 2.17. The van der Waals surface area contributed by atoms with Gasteiger partial charge in [0.15, 0.2) is 5.69 Å². The maximum absolute atomic E-state index is 2.34. The molecule has 0 amide bonds. The minimum Gasteiger partial charge on any atom is -0.198 e. The standard InChI is InChI=1S/C16H18N/c1-16(2)11-12-7-6-10-15(17(12)3)13-8-4-5-9-14(13)16/h4-10H,11H2,1-3H3/q+1. The zero-order chi connectivity index (χ0) is 12.0. The number of hydrogen-bond donors (Lipinski definition) is 0. The summed E-state index contributed by atoms with van der Waals surface area (Å²) in [4.78, 5) is 0. The molecule has 1 aromatic heterocycles. The second-order valence-electron chi connectivity index (χ2n) is 5.57. The molecule has 0 saturated heterocycles. The largest absolute Gasteiger partial charge is 0.212 e. The van der Waals surface area contributed by atoms with Gasteiger partial charge in [-0.3, -0.25) is 0 Å². The number of fused-ring (bicyclic) bond motifs is 4. The average Bonchev–Trinajstić information content (AvgIpc) is 2.36. The van der Waals surface area contributed by atoms with Crippen molar-refractivity contribution in [3.8, 4) is 11.3 Å². The van der Waals surface area contributed by atoms with E-state index >= 15 is 0 Å². The van der Waals surface area contributed by atoms with Gasteiger partial charge in [-0.1, -0.05) is 32.0 Å². The van der Waals surface area contributed by atoms with Gasteiger partial charge in [-0.15, -0.1) is 0 Å². The molecule has 0 aliphatic carbocycles. The molecule has 1 nitrogen and oxygen atoms in total. The van der Waals surface area contributed by atoms with Crippen LogP contribution >= 0.6 is 0 Å². The third-order valence-corrected chi connectivity index (χ3v) is 3.89. The molecule has 1 aliphatic rings. The van der Waals surface area contributed by atoms with Gasteiger partial charge in [0, 0.05) is 29.5 Å². The van der Waals surface area contributed by atoms with E-state index in [1.54, 1.807) is 0 Å². The lowest BCUT2D eigenvalue weighted by Crippen LogP contribution is -2.36. The second-order valence-corrected chi connectivity index (χ2v) is 5.57. The molecule has 2 heterocycles. The lowest BCUT2D eigenvalue weighted by molar-refractivity contribution is -0.668. The summed E-state index contributed by atoms with van der Waals surface area (Å²) >= 11 is 0. The third kappa shape index (κ3) is 1.49. The van der Waals surface area contributed by atoms with Crippen LogP contribution in [0.15, 0.2) is 42.5 Å². The molecule has 1 heteroatoms. The summed E-state index contributed by atoms with van der Waals surface area (Å²) < 4.78 is 2.33. The number of pyridine rings is 1. The van der Waals surface area contributed by atoms with Crippen LogP contribution in [0.5, 0.6) is 0 Å². The summed E-state index contributed by atoms with van der Waals surface area (Å²) in [6, 6.07) is 15.4. The Labute approximate surface area is 103 Å². The minimum atomic E-state index is 0.199. The van der Waals surface area contributed by atoms with Gasteiger partial charge in [0.1, 0.15) is 7.05 Å². The Bertz CT molecular complexity index is 582. The molecule has 1 aliphatic heterocycles. The molecule has 3 rings (SSSR count). The van der Waals surface area contributed by atoms with Crippen LogP contribution in [-0.2, 0) is 18.9 Å². The van der Waals surface area contributed by atoms with Gasteiger partial charge in [-0.25, -0.2) is 0 Å². The van der Waals surface area contributed by atoms with Crippen molar-refractivity contribution in [2.75, 3.05) is 0 Å². The quantitative estimate of drug-likeness (QED) is 0.606. The molecule has 2 bridgehead atoms. The lowest BCUT2D eigenvalue weighted by atomic mass is 9.79. The van der Waals surface area contributed by atoms with Crippen LogP contribution in [0.1, 0.15) is 25.1 Å². The van der Waals surface area contributed by atoms with Crippen molar-refractivity contribution in [2.45, 2.75) is 25.7 Å². The van der Waals surface area contributed by atoms with Crippen LogP contribution in [-0.4, -0.2) is 0 Å². The summed E-state index contributed by atoms with van der Waals surface area (Å²) in [5.74, 6) is 0. The predicted octanol–water partition coefficient (Wildman–Crippen LogP) is 3.01. The van der Waals surface area contributed by atoms with Gasteiger partial charge in [0.2, 0.25) is 5.69 Å². The van der Waals surface area contributed by atoms with E-state index in [0.717, 1.165) is 6.42 Å². The molecule has 1 aromatic carbocycles. The number of benzene rings is 1. The highest BCUT2D eigenvalue weighted by Crippen LogP contribution is 2.36. The average molecular weight is 224 g/mol. The van der Waals surface area contributed by atoms with Gasteiger partial charge >= 0.3 is 0 Å². The smallest absolute Gasteiger partial charge is 0.198 e. The molecular formula is C16H18N+. The first-order chi connectivity index (χ1) is 8.09. The third-order valence-electron chi connectivity index (χ3n) is 3.89. The molecule has 0 atom stereocenters. The zero-order valence-corrected chi connectivity index (χ0v) is 10.7. The highest BCUT2D eigenvalue weighted by molar-refractivity contribution is 5.64. The molecule has 0 unspecified atom stereocenters. The molecule has 2 aromatic rings. The van der Waals surface area contributed by atoms with E-state index < -0.39 is 0 Å². The second kappa shape index (κ2) is 3.43. The van der Waals surface area contributed by atoms with Crippen molar-refractivity contribution >= 4 is 0 Å². The fourth-order valence-corrected chi connectivity index (χ4v) is 2.92. The topological polar surface area (TPSA) is 3.88 Å². The molecular weight excluding hydrogens is 206 g/mol. The van der Waals surface area contributed by atoms with Crippen LogP contribution in [0.25, 0.3) is 11.3 Å². The van der Waals surface area contributed by atoms with Gasteiger partial charge < -0.3 is 0 Å². The SMILES string of the molecule is C[n+]1c2cccc1-c1ccccc1C(C)(C)C2. The summed E-state index contributed by atoms with van der Waals surface area (Å²) in [6.07, 6.45) is 1.09. The normalized spacial score (nSPS) is 16.2. The number of aromatic nitrogens is 1. The minimum absolute atomic E-state index is 0.199. The molecule has 86 valence electrons. The van der Waals surface area contributed by atoms with E-state index in [0.29, 0.717) is 0 Å². The highest BCUT2D eigenvalue weighted by Gasteiger charge is 2.33. The van der Waals surface area contributed by atoms with Crippen LogP contribution in [0.2, 0.25) is 0 Å². The van der Waals surface area contributed by atoms with Crippen molar-refractivity contribution < 1.29 is 4.57 Å². The first-order valence-corrected chi connectivity index (χ1v) is 6.17. The Morgan fingerprint density at radius 2 is 1.76 bits per heavy atom. The molecule has 17 heavy (non-hydrogen) atoms. The molecule has 0 saturated carbocycles. The van der Waals surface area contributed by atoms with Gasteiger partial charge in [0.25, 0.3) is 0 Å². The van der Waals surface area contributed by atoms with Gasteiger partial charge in [-0.2, -0.15) is 4.57 Å². The van der Waals surface area contributed by atoms with Crippen molar-refractivity contribution in [1.82, 2.24) is 0 Å². The van der Waals surface area contributed by atoms with Crippen molar-refractivity contribution in [2.24, 2.45) is 7.05 Å².